The molecule has 2 rings (SSSR count). The molecule has 2 aliphatic carbocycles. The molecule has 4 nitrogen and oxygen atoms in total. The van der Waals surface area contributed by atoms with E-state index in [0.717, 1.165) is 24.7 Å². The minimum Gasteiger partial charge on any atom is -0.378 e. The van der Waals surface area contributed by atoms with Crippen LogP contribution in [-0.2, 0) is 9.53 Å². The van der Waals surface area contributed by atoms with Crippen LogP contribution >= 0.6 is 0 Å². The van der Waals surface area contributed by atoms with Crippen LogP contribution in [0.1, 0.15) is 66.7 Å². The summed E-state index contributed by atoms with van der Waals surface area (Å²) in [5.41, 5.74) is 5.35. The molecule has 1 amide bonds. The minimum absolute atomic E-state index is 0.0152. The summed E-state index contributed by atoms with van der Waals surface area (Å²) < 4.78 is 5.71. The van der Waals surface area contributed by atoms with Gasteiger partial charge >= 0.3 is 0 Å². The van der Waals surface area contributed by atoms with Gasteiger partial charge in [0.2, 0.25) is 5.91 Å². The quantitative estimate of drug-likeness (QED) is 0.820. The molecule has 0 aliphatic heterocycles. The van der Waals surface area contributed by atoms with E-state index < -0.39 is 5.54 Å². The number of carbonyl (C=O) groups is 1. The van der Waals surface area contributed by atoms with Gasteiger partial charge in [-0.2, -0.15) is 0 Å². The van der Waals surface area contributed by atoms with E-state index >= 15 is 0 Å². The fourth-order valence-electron chi connectivity index (χ4n) is 4.06. The van der Waals surface area contributed by atoms with Crippen LogP contribution in [-0.4, -0.2) is 30.2 Å². The van der Waals surface area contributed by atoms with E-state index in [1.807, 2.05) is 20.8 Å². The van der Waals surface area contributed by atoms with E-state index in [-0.39, 0.29) is 17.4 Å². The fourth-order valence-corrected chi connectivity index (χ4v) is 4.06. The molecule has 0 aromatic carbocycles. The molecule has 2 atom stereocenters. The van der Waals surface area contributed by atoms with Crippen LogP contribution < -0.4 is 11.1 Å². The molecule has 22 heavy (non-hydrogen) atoms. The second kappa shape index (κ2) is 6.48. The molecule has 2 fully saturated rings. The van der Waals surface area contributed by atoms with Crippen LogP contribution in [0.2, 0.25) is 0 Å². The average molecular weight is 310 g/mol. The summed E-state index contributed by atoms with van der Waals surface area (Å²) >= 11 is 0. The third-order valence-corrected chi connectivity index (χ3v) is 6.29. The van der Waals surface area contributed by atoms with Gasteiger partial charge in [0.15, 0.2) is 0 Å². The molecule has 4 heteroatoms. The van der Waals surface area contributed by atoms with Gasteiger partial charge in [-0.3, -0.25) is 4.79 Å². The van der Waals surface area contributed by atoms with Crippen molar-refractivity contribution in [2.24, 2.45) is 23.0 Å². The molecule has 0 heterocycles. The molecule has 2 saturated carbocycles. The Balaban J connectivity index is 1.88. The summed E-state index contributed by atoms with van der Waals surface area (Å²) in [5.74, 6) is 1.57. The zero-order valence-electron chi connectivity index (χ0n) is 14.9. The molecular formula is C18H34N2O2. The third-order valence-electron chi connectivity index (χ3n) is 6.29. The normalized spacial score (nSPS) is 37.7. The molecule has 0 radical (unpaired) electrons. The summed E-state index contributed by atoms with van der Waals surface area (Å²) in [5, 5.41) is 3.22. The van der Waals surface area contributed by atoms with Crippen LogP contribution in [0.25, 0.3) is 0 Å². The van der Waals surface area contributed by atoms with Crippen molar-refractivity contribution in [3.8, 4) is 0 Å². The first-order chi connectivity index (χ1) is 10.2. The van der Waals surface area contributed by atoms with E-state index in [1.54, 1.807) is 0 Å². The summed E-state index contributed by atoms with van der Waals surface area (Å²) in [6.45, 7) is 11.3. The number of ether oxygens (including phenoxy) is 1. The highest BCUT2D eigenvalue weighted by Gasteiger charge is 2.63. The van der Waals surface area contributed by atoms with E-state index in [9.17, 15) is 4.79 Å². The Morgan fingerprint density at radius 1 is 1.27 bits per heavy atom. The molecule has 0 aromatic rings. The van der Waals surface area contributed by atoms with E-state index in [2.05, 4.69) is 19.2 Å². The van der Waals surface area contributed by atoms with Gasteiger partial charge in [0.05, 0.1) is 6.10 Å². The zero-order chi connectivity index (χ0) is 16.5. The number of nitrogens with one attached hydrogen (secondary N) is 1. The largest absolute Gasteiger partial charge is 0.378 e. The lowest BCUT2D eigenvalue weighted by Gasteiger charge is -2.57. The fraction of sp³-hybridized carbons (Fsp3) is 0.944. The van der Waals surface area contributed by atoms with Crippen molar-refractivity contribution in [3.63, 3.8) is 0 Å². The highest BCUT2D eigenvalue weighted by atomic mass is 16.5. The molecule has 0 aromatic heterocycles. The van der Waals surface area contributed by atoms with Gasteiger partial charge in [0.1, 0.15) is 5.54 Å². The predicted molar refractivity (Wildman–Crippen MR) is 89.5 cm³/mol. The molecule has 0 spiro atoms. The zero-order valence-corrected chi connectivity index (χ0v) is 14.9. The van der Waals surface area contributed by atoms with Gasteiger partial charge in [-0.25, -0.2) is 0 Å². The number of carbonyl (C=O) groups excluding carboxylic acids is 1. The Bertz CT molecular complexity index is 400. The number of hydrogen-bond donors (Lipinski definition) is 2. The van der Waals surface area contributed by atoms with E-state index in [0.29, 0.717) is 19.1 Å². The van der Waals surface area contributed by atoms with Crippen molar-refractivity contribution in [3.05, 3.63) is 0 Å². The average Bonchev–Trinajstić information content (AvgIpc) is 2.47. The Labute approximate surface area is 135 Å². The second-order valence-electron chi connectivity index (χ2n) is 8.17. The first-order valence-electron chi connectivity index (χ1n) is 8.93. The summed E-state index contributed by atoms with van der Waals surface area (Å²) in [4.78, 5) is 12.7. The standard InChI is InChI=1S/C18H34N2O2/c1-6-22-15-11-18(19,17(15,4)5)16(21)20-14-9-7-13(8-10-14)12(2)3/h12-15H,6-11,19H2,1-5H3,(H,20,21). The van der Waals surface area contributed by atoms with Gasteiger partial charge in [-0.1, -0.05) is 27.7 Å². The Morgan fingerprint density at radius 3 is 2.32 bits per heavy atom. The lowest BCUT2D eigenvalue weighted by atomic mass is 9.54. The summed E-state index contributed by atoms with van der Waals surface area (Å²) in [7, 11) is 0. The topological polar surface area (TPSA) is 64.3 Å². The Morgan fingerprint density at radius 2 is 1.86 bits per heavy atom. The maximum Gasteiger partial charge on any atom is 0.241 e. The van der Waals surface area contributed by atoms with Crippen molar-refractivity contribution in [2.45, 2.75) is 84.4 Å². The van der Waals surface area contributed by atoms with Gasteiger partial charge < -0.3 is 15.8 Å². The monoisotopic (exact) mass is 310 g/mol. The highest BCUT2D eigenvalue weighted by molar-refractivity contribution is 5.89. The van der Waals surface area contributed by atoms with Crippen LogP contribution in [0, 0.1) is 17.3 Å². The lowest BCUT2D eigenvalue weighted by Crippen LogP contribution is -2.76. The minimum atomic E-state index is -0.790. The number of amides is 1. The molecule has 3 N–H and O–H groups in total. The Hall–Kier alpha value is -0.610. The van der Waals surface area contributed by atoms with Crippen LogP contribution in [0.3, 0.4) is 0 Å². The Kier molecular flexibility index (Phi) is 5.23. The first kappa shape index (κ1) is 17.7. The van der Waals surface area contributed by atoms with Crippen LogP contribution in [0.4, 0.5) is 0 Å². The van der Waals surface area contributed by atoms with Gasteiger partial charge in [0.25, 0.3) is 0 Å². The number of hydrogen-bond acceptors (Lipinski definition) is 3. The van der Waals surface area contributed by atoms with Gasteiger partial charge in [-0.05, 0) is 44.4 Å². The number of nitrogens with two attached hydrogens (primary N) is 1. The van der Waals surface area contributed by atoms with Gasteiger partial charge in [-0.15, -0.1) is 0 Å². The van der Waals surface area contributed by atoms with E-state index in [1.165, 1.54) is 12.8 Å². The summed E-state index contributed by atoms with van der Waals surface area (Å²) in [6, 6.07) is 0.296. The van der Waals surface area contributed by atoms with Crippen LogP contribution in [0.15, 0.2) is 0 Å². The molecular weight excluding hydrogens is 276 g/mol. The summed E-state index contributed by atoms with van der Waals surface area (Å²) in [6.07, 6.45) is 5.31. The third kappa shape index (κ3) is 3.05. The molecule has 0 bridgehead atoms. The maximum absolute atomic E-state index is 12.7. The molecule has 2 aliphatic rings. The molecule has 2 unspecified atom stereocenters. The molecule has 128 valence electrons. The predicted octanol–water partition coefficient (Wildman–Crippen LogP) is 2.85. The second-order valence-corrected chi connectivity index (χ2v) is 8.17. The van der Waals surface area contributed by atoms with Crippen molar-refractivity contribution in [2.75, 3.05) is 6.61 Å². The van der Waals surface area contributed by atoms with Crippen molar-refractivity contribution < 1.29 is 9.53 Å². The van der Waals surface area contributed by atoms with Gasteiger partial charge in [0, 0.05) is 24.5 Å². The van der Waals surface area contributed by atoms with E-state index in [4.69, 9.17) is 10.5 Å². The smallest absolute Gasteiger partial charge is 0.241 e. The first-order valence-corrected chi connectivity index (χ1v) is 8.93. The van der Waals surface area contributed by atoms with Crippen LogP contribution in [0.5, 0.6) is 0 Å². The van der Waals surface area contributed by atoms with Crippen molar-refractivity contribution in [1.82, 2.24) is 5.32 Å². The lowest BCUT2D eigenvalue weighted by molar-refractivity contribution is -0.171. The highest BCUT2D eigenvalue weighted by Crippen LogP contribution is 2.50. The number of rotatable bonds is 5. The molecule has 0 saturated heterocycles. The maximum atomic E-state index is 12.7. The SMILES string of the molecule is CCOC1CC(N)(C(=O)NC2CCC(C(C)C)CC2)C1(C)C. The van der Waals surface area contributed by atoms with Crippen molar-refractivity contribution in [1.29, 1.82) is 0 Å². The van der Waals surface area contributed by atoms with Crippen molar-refractivity contribution >= 4 is 5.91 Å².